The van der Waals surface area contributed by atoms with Crippen LogP contribution in [0, 0.1) is 0 Å². The second-order valence-electron chi connectivity index (χ2n) is 5.91. The van der Waals surface area contributed by atoms with Crippen molar-refractivity contribution in [1.82, 2.24) is 9.29 Å². The Labute approximate surface area is 156 Å². The van der Waals surface area contributed by atoms with Gasteiger partial charge in [-0.25, -0.2) is 13.1 Å². The Morgan fingerprint density at radius 3 is 2.52 bits per heavy atom. The number of amides is 2. The van der Waals surface area contributed by atoms with E-state index in [2.05, 4.69) is 0 Å². The van der Waals surface area contributed by atoms with Gasteiger partial charge in [0.1, 0.15) is 10.6 Å². The minimum atomic E-state index is -4.12. The third-order valence-corrected chi connectivity index (χ3v) is 5.33. The van der Waals surface area contributed by atoms with E-state index in [0.717, 1.165) is 28.5 Å². The van der Waals surface area contributed by atoms with Gasteiger partial charge < -0.3 is 10.3 Å². The summed E-state index contributed by atoms with van der Waals surface area (Å²) < 4.78 is 27.9. The van der Waals surface area contributed by atoms with Gasteiger partial charge in [-0.3, -0.25) is 9.59 Å². The van der Waals surface area contributed by atoms with E-state index in [4.69, 9.17) is 5.73 Å². The Kier molecular flexibility index (Phi) is 4.83. The highest BCUT2D eigenvalue weighted by Crippen LogP contribution is 2.19. The van der Waals surface area contributed by atoms with Gasteiger partial charge in [0.2, 0.25) is 0 Å². The average molecular weight is 383 g/mol. The molecule has 0 aliphatic carbocycles. The van der Waals surface area contributed by atoms with Crippen molar-refractivity contribution in [2.24, 2.45) is 12.8 Å². The molecule has 0 unspecified atom stereocenters. The highest BCUT2D eigenvalue weighted by atomic mass is 32.2. The fraction of sp³-hybridized carbons (Fsp3) is 0.0526. The Hall–Kier alpha value is -3.39. The number of sulfonamides is 1. The summed E-state index contributed by atoms with van der Waals surface area (Å²) in [6.45, 7) is 0. The standard InChI is InChI=1S/C19H17N3O4S/c1-22-12-15(11-17(22)19(20)24)27(25,26)21-18(23)10-9-14-7-4-6-13-5-2-3-8-16(13)14/h2-12H,1H3,(H2,20,24)(H,21,23)/b10-9+. The molecule has 0 aliphatic rings. The first kappa shape index (κ1) is 18.4. The molecule has 0 spiro atoms. The third kappa shape index (κ3) is 3.90. The van der Waals surface area contributed by atoms with E-state index in [1.807, 2.05) is 47.2 Å². The van der Waals surface area contributed by atoms with Crippen molar-refractivity contribution in [3.8, 4) is 0 Å². The van der Waals surface area contributed by atoms with Gasteiger partial charge in [0.25, 0.3) is 21.8 Å². The first-order chi connectivity index (χ1) is 12.8. The number of primary amides is 1. The van der Waals surface area contributed by atoms with Crippen LogP contribution in [0.5, 0.6) is 0 Å². The number of nitrogens with one attached hydrogen (secondary N) is 1. The van der Waals surface area contributed by atoms with Crippen LogP contribution in [0.1, 0.15) is 16.1 Å². The summed E-state index contributed by atoms with van der Waals surface area (Å²) in [7, 11) is -2.63. The topological polar surface area (TPSA) is 111 Å². The monoisotopic (exact) mass is 383 g/mol. The maximum absolute atomic E-state index is 12.3. The van der Waals surface area contributed by atoms with Gasteiger partial charge in [0.15, 0.2) is 0 Å². The van der Waals surface area contributed by atoms with E-state index in [1.165, 1.54) is 17.8 Å². The molecule has 1 aromatic heterocycles. The number of rotatable bonds is 5. The van der Waals surface area contributed by atoms with E-state index in [0.29, 0.717) is 0 Å². The Morgan fingerprint density at radius 1 is 1.11 bits per heavy atom. The van der Waals surface area contributed by atoms with E-state index >= 15 is 0 Å². The molecule has 0 aliphatic heterocycles. The molecule has 3 aromatic rings. The summed E-state index contributed by atoms with van der Waals surface area (Å²) in [5, 5.41) is 1.96. The summed E-state index contributed by atoms with van der Waals surface area (Å²) >= 11 is 0. The fourth-order valence-electron chi connectivity index (χ4n) is 2.71. The first-order valence-corrected chi connectivity index (χ1v) is 9.45. The minimum Gasteiger partial charge on any atom is -0.364 e. The number of benzene rings is 2. The number of carbonyl (C=O) groups excluding carboxylic acids is 2. The van der Waals surface area contributed by atoms with Crippen molar-refractivity contribution in [2.75, 3.05) is 0 Å². The predicted molar refractivity (Wildman–Crippen MR) is 102 cm³/mol. The van der Waals surface area contributed by atoms with Crippen molar-refractivity contribution in [1.29, 1.82) is 0 Å². The molecule has 8 heteroatoms. The van der Waals surface area contributed by atoms with Crippen LogP contribution in [0.3, 0.4) is 0 Å². The second kappa shape index (κ2) is 7.08. The Balaban J connectivity index is 1.81. The number of aromatic nitrogens is 1. The van der Waals surface area contributed by atoms with Crippen LogP contribution in [-0.4, -0.2) is 24.8 Å². The molecule has 3 rings (SSSR count). The van der Waals surface area contributed by atoms with Gasteiger partial charge >= 0.3 is 0 Å². The molecule has 2 amide bonds. The quantitative estimate of drug-likeness (QED) is 0.654. The largest absolute Gasteiger partial charge is 0.364 e. The maximum Gasteiger partial charge on any atom is 0.265 e. The summed E-state index contributed by atoms with van der Waals surface area (Å²) in [6.07, 6.45) is 3.91. The van der Waals surface area contributed by atoms with Gasteiger partial charge in [-0.1, -0.05) is 42.5 Å². The van der Waals surface area contributed by atoms with Crippen LogP contribution in [0.25, 0.3) is 16.8 Å². The molecule has 2 aromatic carbocycles. The van der Waals surface area contributed by atoms with Crippen LogP contribution < -0.4 is 10.5 Å². The molecule has 1 heterocycles. The molecule has 7 nitrogen and oxygen atoms in total. The molecule has 138 valence electrons. The summed E-state index contributed by atoms with van der Waals surface area (Å²) in [4.78, 5) is 23.1. The normalized spacial score (nSPS) is 11.7. The van der Waals surface area contributed by atoms with E-state index in [9.17, 15) is 18.0 Å². The average Bonchev–Trinajstić information content (AvgIpc) is 3.02. The molecule has 0 fully saturated rings. The molecule has 0 radical (unpaired) electrons. The molecule has 0 bridgehead atoms. The lowest BCUT2D eigenvalue weighted by atomic mass is 10.0. The van der Waals surface area contributed by atoms with Crippen molar-refractivity contribution in [3.63, 3.8) is 0 Å². The smallest absolute Gasteiger partial charge is 0.265 e. The molecule has 3 N–H and O–H groups in total. The van der Waals surface area contributed by atoms with Gasteiger partial charge in [0.05, 0.1) is 0 Å². The number of fused-ring (bicyclic) bond motifs is 1. The van der Waals surface area contributed by atoms with Crippen LogP contribution >= 0.6 is 0 Å². The zero-order chi connectivity index (χ0) is 19.6. The molecule has 0 atom stereocenters. The Morgan fingerprint density at radius 2 is 1.81 bits per heavy atom. The lowest BCUT2D eigenvalue weighted by Gasteiger charge is -2.03. The van der Waals surface area contributed by atoms with Crippen molar-refractivity contribution < 1.29 is 18.0 Å². The molecule has 0 saturated carbocycles. The van der Waals surface area contributed by atoms with Gasteiger partial charge in [-0.15, -0.1) is 0 Å². The van der Waals surface area contributed by atoms with Gasteiger partial charge in [-0.05, 0) is 28.5 Å². The van der Waals surface area contributed by atoms with E-state index < -0.39 is 21.8 Å². The van der Waals surface area contributed by atoms with E-state index in [-0.39, 0.29) is 10.6 Å². The fourth-order valence-corrected chi connectivity index (χ4v) is 3.73. The lowest BCUT2D eigenvalue weighted by molar-refractivity contribution is -0.114. The number of nitrogens with two attached hydrogens (primary N) is 1. The summed E-state index contributed by atoms with van der Waals surface area (Å²) in [5.41, 5.74) is 5.99. The third-order valence-electron chi connectivity index (χ3n) is 4.02. The molecule has 0 saturated heterocycles. The molecular weight excluding hydrogens is 366 g/mol. The van der Waals surface area contributed by atoms with Gasteiger partial charge in [-0.2, -0.15) is 0 Å². The van der Waals surface area contributed by atoms with Crippen LogP contribution in [0.15, 0.2) is 65.7 Å². The van der Waals surface area contributed by atoms with Crippen LogP contribution in [-0.2, 0) is 21.9 Å². The number of hydrogen-bond acceptors (Lipinski definition) is 4. The van der Waals surface area contributed by atoms with Gasteiger partial charge in [0, 0.05) is 19.3 Å². The summed E-state index contributed by atoms with van der Waals surface area (Å²) in [6, 6.07) is 14.4. The maximum atomic E-state index is 12.3. The van der Waals surface area contributed by atoms with Crippen molar-refractivity contribution >= 4 is 38.7 Å². The minimum absolute atomic E-state index is 0.0223. The number of nitrogens with zero attached hydrogens (tertiary/aromatic N) is 1. The first-order valence-electron chi connectivity index (χ1n) is 7.97. The van der Waals surface area contributed by atoms with Crippen molar-refractivity contribution in [3.05, 3.63) is 72.1 Å². The highest BCUT2D eigenvalue weighted by Gasteiger charge is 2.21. The lowest BCUT2D eigenvalue weighted by Crippen LogP contribution is -2.28. The number of carbonyl (C=O) groups is 2. The number of hydrogen-bond donors (Lipinski definition) is 2. The second-order valence-corrected chi connectivity index (χ2v) is 7.59. The zero-order valence-corrected chi connectivity index (χ0v) is 15.2. The van der Waals surface area contributed by atoms with E-state index in [1.54, 1.807) is 6.08 Å². The van der Waals surface area contributed by atoms with Crippen molar-refractivity contribution in [2.45, 2.75) is 4.90 Å². The molecule has 27 heavy (non-hydrogen) atoms. The Bertz CT molecular complexity index is 1170. The predicted octanol–water partition coefficient (Wildman–Crippen LogP) is 1.80. The number of aryl methyl sites for hydroxylation is 1. The van der Waals surface area contributed by atoms with Crippen LogP contribution in [0.4, 0.5) is 0 Å². The van der Waals surface area contributed by atoms with Crippen LogP contribution in [0.2, 0.25) is 0 Å². The highest BCUT2D eigenvalue weighted by molar-refractivity contribution is 7.90. The summed E-state index contributed by atoms with van der Waals surface area (Å²) in [5.74, 6) is -1.56. The molecular formula is C19H17N3O4S. The zero-order valence-electron chi connectivity index (χ0n) is 14.4. The SMILES string of the molecule is Cn1cc(S(=O)(=O)NC(=O)/C=C/c2cccc3ccccc23)cc1C(N)=O.